The Bertz CT molecular complexity index is 1180. The fourth-order valence-corrected chi connectivity index (χ4v) is 4.62. The second-order valence-corrected chi connectivity index (χ2v) is 10.1. The van der Waals surface area contributed by atoms with Crippen molar-refractivity contribution in [2.45, 2.75) is 11.5 Å². The van der Waals surface area contributed by atoms with Crippen LogP contribution in [0.5, 0.6) is 0 Å². The standard InChI is InChI=1S/C18H18FN5O5S3/c1-24(7-8-25)32(27,28)13-4-2-12(3-5-13)16(23-29-11-15-20-6-9-30-15)17(26)22-18-21-10-14(19)31-18/h2-6,9-10,25H,7-8,11H2,1H3,(H,21,22,26)/b23-16+. The van der Waals surface area contributed by atoms with Gasteiger partial charge in [0.25, 0.3) is 5.91 Å². The molecule has 170 valence electrons. The van der Waals surface area contributed by atoms with Crippen molar-refractivity contribution >= 4 is 49.4 Å². The topological polar surface area (TPSA) is 134 Å². The normalized spacial score (nSPS) is 12.2. The van der Waals surface area contributed by atoms with E-state index in [-0.39, 0.29) is 41.1 Å². The molecule has 10 nitrogen and oxygen atoms in total. The van der Waals surface area contributed by atoms with E-state index in [0.717, 1.165) is 10.5 Å². The van der Waals surface area contributed by atoms with Gasteiger partial charge in [0, 0.05) is 30.7 Å². The summed E-state index contributed by atoms with van der Waals surface area (Å²) in [6, 6.07) is 5.41. The maximum Gasteiger partial charge on any atom is 0.280 e. The van der Waals surface area contributed by atoms with Crippen LogP contribution in [0.3, 0.4) is 0 Å². The Kier molecular flexibility index (Phi) is 7.98. The predicted octanol–water partition coefficient (Wildman–Crippen LogP) is 1.91. The van der Waals surface area contributed by atoms with Crippen molar-refractivity contribution in [2.75, 3.05) is 25.5 Å². The Morgan fingerprint density at radius 2 is 2.06 bits per heavy atom. The summed E-state index contributed by atoms with van der Waals surface area (Å²) in [6.45, 7) is -0.356. The maximum absolute atomic E-state index is 13.2. The van der Waals surface area contributed by atoms with Crippen LogP contribution >= 0.6 is 22.7 Å². The molecular formula is C18H18FN5O5S3. The van der Waals surface area contributed by atoms with E-state index in [1.54, 1.807) is 11.6 Å². The minimum absolute atomic E-state index is 0.0253. The number of aliphatic hydroxyl groups is 1. The second kappa shape index (κ2) is 10.7. The second-order valence-electron chi connectivity index (χ2n) is 6.14. The van der Waals surface area contributed by atoms with Crippen molar-refractivity contribution in [1.29, 1.82) is 0 Å². The Balaban J connectivity index is 1.85. The Labute approximate surface area is 191 Å². The van der Waals surface area contributed by atoms with E-state index >= 15 is 0 Å². The minimum Gasteiger partial charge on any atom is -0.395 e. The van der Waals surface area contributed by atoms with Crippen LogP contribution in [-0.2, 0) is 26.3 Å². The van der Waals surface area contributed by atoms with Crippen molar-refractivity contribution in [3.8, 4) is 0 Å². The van der Waals surface area contributed by atoms with Crippen molar-refractivity contribution < 1.29 is 27.5 Å². The quantitative estimate of drug-likeness (QED) is 0.321. The van der Waals surface area contributed by atoms with Crippen LogP contribution in [-0.4, -0.2) is 59.6 Å². The maximum atomic E-state index is 13.2. The molecule has 1 aromatic carbocycles. The third-order valence-electron chi connectivity index (χ3n) is 3.99. The number of likely N-dealkylation sites (N-methyl/N-ethyl adjacent to an activating group) is 1. The summed E-state index contributed by atoms with van der Waals surface area (Å²) in [4.78, 5) is 25.8. The number of hydrogen-bond donors (Lipinski definition) is 2. The highest BCUT2D eigenvalue weighted by atomic mass is 32.2. The summed E-state index contributed by atoms with van der Waals surface area (Å²) in [6.07, 6.45) is 2.57. The molecule has 3 rings (SSSR count). The number of anilines is 1. The van der Waals surface area contributed by atoms with Crippen LogP contribution in [0.15, 0.2) is 52.1 Å². The molecule has 0 unspecified atom stereocenters. The molecule has 0 atom stereocenters. The molecule has 0 spiro atoms. The van der Waals surface area contributed by atoms with E-state index < -0.39 is 21.1 Å². The lowest BCUT2D eigenvalue weighted by Gasteiger charge is -2.16. The van der Waals surface area contributed by atoms with Gasteiger partial charge < -0.3 is 9.94 Å². The van der Waals surface area contributed by atoms with E-state index in [1.165, 1.54) is 42.6 Å². The molecule has 0 bridgehead atoms. The number of aromatic nitrogens is 2. The Hall–Kier alpha value is -2.78. The first-order chi connectivity index (χ1) is 15.3. The number of benzene rings is 1. The molecule has 2 aromatic heterocycles. The van der Waals surface area contributed by atoms with Gasteiger partial charge in [-0.05, 0) is 12.1 Å². The number of thiazole rings is 2. The summed E-state index contributed by atoms with van der Waals surface area (Å²) >= 11 is 2.00. The molecule has 0 saturated carbocycles. The first-order valence-corrected chi connectivity index (χ1v) is 12.1. The lowest BCUT2D eigenvalue weighted by molar-refractivity contribution is -0.110. The summed E-state index contributed by atoms with van der Waals surface area (Å²) in [7, 11) is -2.46. The van der Waals surface area contributed by atoms with Gasteiger partial charge in [-0.1, -0.05) is 28.6 Å². The van der Waals surface area contributed by atoms with Gasteiger partial charge in [0.15, 0.2) is 22.6 Å². The minimum atomic E-state index is -3.81. The number of amides is 1. The van der Waals surface area contributed by atoms with Crippen molar-refractivity contribution in [3.63, 3.8) is 0 Å². The van der Waals surface area contributed by atoms with Crippen molar-refractivity contribution in [3.05, 3.63) is 57.7 Å². The van der Waals surface area contributed by atoms with Crippen LogP contribution in [0.2, 0.25) is 0 Å². The molecule has 0 radical (unpaired) electrons. The first-order valence-electron chi connectivity index (χ1n) is 9.00. The van der Waals surface area contributed by atoms with Gasteiger partial charge in [-0.15, -0.1) is 11.3 Å². The number of carbonyl (C=O) groups is 1. The van der Waals surface area contributed by atoms with Gasteiger partial charge in [-0.2, -0.15) is 8.70 Å². The first kappa shape index (κ1) is 23.9. The lowest BCUT2D eigenvalue weighted by atomic mass is 10.1. The van der Waals surface area contributed by atoms with Gasteiger partial charge >= 0.3 is 0 Å². The zero-order valence-electron chi connectivity index (χ0n) is 16.6. The highest BCUT2D eigenvalue weighted by Gasteiger charge is 2.22. The molecule has 0 fully saturated rings. The molecule has 0 aliphatic rings. The Morgan fingerprint density at radius 1 is 1.31 bits per heavy atom. The third kappa shape index (κ3) is 5.92. The zero-order valence-corrected chi connectivity index (χ0v) is 19.1. The highest BCUT2D eigenvalue weighted by Crippen LogP contribution is 2.19. The summed E-state index contributed by atoms with van der Waals surface area (Å²) in [5.41, 5.74) is 0.104. The zero-order chi connectivity index (χ0) is 23.1. The van der Waals surface area contributed by atoms with E-state index in [1.807, 2.05) is 0 Å². The van der Waals surface area contributed by atoms with Crippen molar-refractivity contribution in [1.82, 2.24) is 14.3 Å². The van der Waals surface area contributed by atoms with Gasteiger partial charge in [0.2, 0.25) is 10.0 Å². The number of nitrogens with one attached hydrogen (secondary N) is 1. The fraction of sp³-hybridized carbons (Fsp3) is 0.222. The summed E-state index contributed by atoms with van der Waals surface area (Å²) in [5.74, 6) is -0.716. The van der Waals surface area contributed by atoms with Gasteiger partial charge in [0.05, 0.1) is 17.7 Å². The molecule has 2 N–H and O–H groups in total. The predicted molar refractivity (Wildman–Crippen MR) is 117 cm³/mol. The number of carbonyl (C=O) groups excluding carboxylic acids is 1. The van der Waals surface area contributed by atoms with E-state index in [2.05, 4.69) is 20.4 Å². The van der Waals surface area contributed by atoms with Crippen LogP contribution in [0.25, 0.3) is 0 Å². The van der Waals surface area contributed by atoms with Crippen LogP contribution in [0.1, 0.15) is 10.6 Å². The van der Waals surface area contributed by atoms with Crippen LogP contribution < -0.4 is 5.32 Å². The number of sulfonamides is 1. The molecule has 2 heterocycles. The SMILES string of the molecule is CN(CCO)S(=O)(=O)c1ccc(/C(=N\OCc2nccs2)C(=O)Nc2ncc(F)s2)cc1. The lowest BCUT2D eigenvalue weighted by Crippen LogP contribution is -2.29. The number of oxime groups is 1. The summed E-state index contributed by atoms with van der Waals surface area (Å²) < 4.78 is 39.2. The highest BCUT2D eigenvalue weighted by molar-refractivity contribution is 7.89. The van der Waals surface area contributed by atoms with E-state index in [4.69, 9.17) is 9.94 Å². The van der Waals surface area contributed by atoms with Crippen LogP contribution in [0.4, 0.5) is 9.52 Å². The number of rotatable bonds is 10. The van der Waals surface area contributed by atoms with Crippen LogP contribution in [0, 0.1) is 5.13 Å². The average Bonchev–Trinajstić information content (AvgIpc) is 3.43. The van der Waals surface area contributed by atoms with Gasteiger partial charge in [-0.25, -0.2) is 18.4 Å². The molecule has 0 aliphatic carbocycles. The average molecular weight is 500 g/mol. The third-order valence-corrected chi connectivity index (χ3v) is 7.32. The number of halogens is 1. The van der Waals surface area contributed by atoms with E-state index in [9.17, 15) is 17.6 Å². The Morgan fingerprint density at radius 3 is 2.66 bits per heavy atom. The molecule has 0 aliphatic heterocycles. The smallest absolute Gasteiger partial charge is 0.280 e. The molecule has 3 aromatic rings. The monoisotopic (exact) mass is 499 g/mol. The number of aliphatic hydroxyl groups excluding tert-OH is 1. The van der Waals surface area contributed by atoms with Crippen molar-refractivity contribution in [2.24, 2.45) is 5.16 Å². The van der Waals surface area contributed by atoms with Gasteiger partial charge in [-0.3, -0.25) is 10.1 Å². The molecule has 1 amide bonds. The molecule has 14 heteroatoms. The molecule has 0 saturated heterocycles. The number of hydrogen-bond acceptors (Lipinski definition) is 10. The van der Waals surface area contributed by atoms with Gasteiger partial charge in [0.1, 0.15) is 5.01 Å². The fourth-order valence-electron chi connectivity index (χ4n) is 2.40. The number of nitrogens with zero attached hydrogens (tertiary/aromatic N) is 4. The molecular weight excluding hydrogens is 481 g/mol. The molecule has 32 heavy (non-hydrogen) atoms. The van der Waals surface area contributed by atoms with E-state index in [0.29, 0.717) is 16.3 Å². The summed E-state index contributed by atoms with van der Waals surface area (Å²) in [5, 5.41) is 17.2. The largest absolute Gasteiger partial charge is 0.395 e.